The topological polar surface area (TPSA) is 35.2 Å². The first-order valence-corrected chi connectivity index (χ1v) is 6.19. The van der Waals surface area contributed by atoms with Gasteiger partial charge in [0.15, 0.2) is 0 Å². The van der Waals surface area contributed by atoms with Crippen LogP contribution < -0.4 is 10.5 Å². The molecule has 2 N–H and O–H groups in total. The summed E-state index contributed by atoms with van der Waals surface area (Å²) in [5, 5.41) is 0. The average molecular weight is 241 g/mol. The van der Waals surface area contributed by atoms with Gasteiger partial charge in [-0.2, -0.15) is 0 Å². The molecule has 2 aromatic rings. The molecule has 0 unspecified atom stereocenters. The molecule has 1 atom stereocenters. The summed E-state index contributed by atoms with van der Waals surface area (Å²) in [7, 11) is 0. The van der Waals surface area contributed by atoms with Gasteiger partial charge in [0.05, 0.1) is 0 Å². The minimum absolute atomic E-state index is 0.0146. The van der Waals surface area contributed by atoms with Crippen molar-refractivity contribution in [3.8, 4) is 5.75 Å². The number of hydrogen-bond donors (Lipinski definition) is 1. The van der Waals surface area contributed by atoms with Crippen molar-refractivity contribution in [3.05, 3.63) is 65.2 Å². The molecule has 18 heavy (non-hydrogen) atoms. The first-order valence-electron chi connectivity index (χ1n) is 6.19. The Morgan fingerprint density at radius 2 is 1.72 bits per heavy atom. The first kappa shape index (κ1) is 12.7. The molecule has 2 rings (SSSR count). The zero-order valence-corrected chi connectivity index (χ0v) is 10.9. The standard InChI is InChI=1S/C16H19NO/c1-12-7-9-14(10-8-12)11-18-16-6-4-3-5-15(16)13(2)17/h3-10,13H,11,17H2,1-2H3/t13-/m0/s1. The minimum atomic E-state index is -0.0146. The molecule has 0 bridgehead atoms. The highest BCUT2D eigenvalue weighted by Gasteiger charge is 2.06. The van der Waals surface area contributed by atoms with E-state index < -0.39 is 0 Å². The molecule has 94 valence electrons. The number of aryl methyl sites for hydroxylation is 1. The Hall–Kier alpha value is -1.80. The van der Waals surface area contributed by atoms with Crippen molar-refractivity contribution >= 4 is 0 Å². The fourth-order valence-corrected chi connectivity index (χ4v) is 1.83. The van der Waals surface area contributed by atoms with Crippen LogP contribution in [-0.4, -0.2) is 0 Å². The lowest BCUT2D eigenvalue weighted by Gasteiger charge is -2.13. The summed E-state index contributed by atoms with van der Waals surface area (Å²) in [4.78, 5) is 0. The zero-order chi connectivity index (χ0) is 13.0. The van der Waals surface area contributed by atoms with Crippen LogP contribution in [0.25, 0.3) is 0 Å². The third-order valence-electron chi connectivity index (χ3n) is 2.92. The molecule has 0 saturated heterocycles. The summed E-state index contributed by atoms with van der Waals surface area (Å²) in [5.41, 5.74) is 9.40. The van der Waals surface area contributed by atoms with E-state index in [2.05, 4.69) is 31.2 Å². The smallest absolute Gasteiger partial charge is 0.124 e. The highest BCUT2D eigenvalue weighted by atomic mass is 16.5. The number of benzene rings is 2. The number of ether oxygens (including phenoxy) is 1. The van der Waals surface area contributed by atoms with Crippen molar-refractivity contribution < 1.29 is 4.74 Å². The van der Waals surface area contributed by atoms with E-state index in [1.807, 2.05) is 31.2 Å². The monoisotopic (exact) mass is 241 g/mol. The second kappa shape index (κ2) is 5.69. The van der Waals surface area contributed by atoms with Crippen LogP contribution >= 0.6 is 0 Å². The van der Waals surface area contributed by atoms with Crippen molar-refractivity contribution in [2.24, 2.45) is 5.73 Å². The minimum Gasteiger partial charge on any atom is -0.489 e. The molecule has 2 heteroatoms. The van der Waals surface area contributed by atoms with Gasteiger partial charge in [-0.05, 0) is 25.5 Å². The van der Waals surface area contributed by atoms with Crippen LogP contribution in [-0.2, 0) is 6.61 Å². The van der Waals surface area contributed by atoms with E-state index in [1.165, 1.54) is 11.1 Å². The van der Waals surface area contributed by atoms with Crippen molar-refractivity contribution in [1.29, 1.82) is 0 Å². The maximum atomic E-state index is 5.92. The van der Waals surface area contributed by atoms with Crippen LogP contribution in [0.5, 0.6) is 5.75 Å². The van der Waals surface area contributed by atoms with Crippen LogP contribution in [0.4, 0.5) is 0 Å². The average Bonchev–Trinajstić information content (AvgIpc) is 2.38. The summed E-state index contributed by atoms with van der Waals surface area (Å²) >= 11 is 0. The summed E-state index contributed by atoms with van der Waals surface area (Å²) in [6.45, 7) is 4.62. The largest absolute Gasteiger partial charge is 0.489 e. The predicted molar refractivity (Wildman–Crippen MR) is 74.6 cm³/mol. The van der Waals surface area contributed by atoms with Gasteiger partial charge in [0.25, 0.3) is 0 Å². The van der Waals surface area contributed by atoms with E-state index >= 15 is 0 Å². The number of hydrogen-bond acceptors (Lipinski definition) is 2. The van der Waals surface area contributed by atoms with E-state index in [9.17, 15) is 0 Å². The van der Waals surface area contributed by atoms with Crippen LogP contribution in [0.3, 0.4) is 0 Å². The van der Waals surface area contributed by atoms with Crippen LogP contribution in [0.15, 0.2) is 48.5 Å². The Bertz CT molecular complexity index is 503. The Balaban J connectivity index is 2.08. The third-order valence-corrected chi connectivity index (χ3v) is 2.92. The normalized spacial score (nSPS) is 12.2. The molecule has 0 heterocycles. The molecule has 0 aliphatic heterocycles. The van der Waals surface area contributed by atoms with E-state index in [4.69, 9.17) is 10.5 Å². The Labute approximate surface area is 108 Å². The van der Waals surface area contributed by atoms with Crippen LogP contribution in [0, 0.1) is 6.92 Å². The molecule has 0 fully saturated rings. The van der Waals surface area contributed by atoms with Gasteiger partial charge < -0.3 is 10.5 Å². The summed E-state index contributed by atoms with van der Waals surface area (Å²) in [6, 6.07) is 16.3. The lowest BCUT2D eigenvalue weighted by molar-refractivity contribution is 0.301. The third kappa shape index (κ3) is 3.11. The van der Waals surface area contributed by atoms with Gasteiger partial charge in [-0.3, -0.25) is 0 Å². The van der Waals surface area contributed by atoms with Gasteiger partial charge in [0, 0.05) is 11.6 Å². The van der Waals surface area contributed by atoms with Crippen LogP contribution in [0.1, 0.15) is 29.7 Å². The summed E-state index contributed by atoms with van der Waals surface area (Å²) < 4.78 is 5.84. The molecule has 0 aromatic heterocycles. The Morgan fingerprint density at radius 1 is 1.06 bits per heavy atom. The SMILES string of the molecule is Cc1ccc(COc2ccccc2[C@H](C)N)cc1. The van der Waals surface area contributed by atoms with Gasteiger partial charge in [-0.15, -0.1) is 0 Å². The number of nitrogens with two attached hydrogens (primary N) is 1. The van der Waals surface area contributed by atoms with E-state index in [0.717, 1.165) is 11.3 Å². The fraction of sp³-hybridized carbons (Fsp3) is 0.250. The lowest BCUT2D eigenvalue weighted by Crippen LogP contribution is -2.07. The Morgan fingerprint density at radius 3 is 2.39 bits per heavy atom. The molecule has 0 radical (unpaired) electrons. The van der Waals surface area contributed by atoms with Crippen molar-refractivity contribution in [1.82, 2.24) is 0 Å². The molecular weight excluding hydrogens is 222 g/mol. The molecule has 0 saturated carbocycles. The molecular formula is C16H19NO. The predicted octanol–water partition coefficient (Wildman–Crippen LogP) is 3.59. The van der Waals surface area contributed by atoms with Gasteiger partial charge >= 0.3 is 0 Å². The highest BCUT2D eigenvalue weighted by molar-refractivity contribution is 5.35. The fourth-order valence-electron chi connectivity index (χ4n) is 1.83. The highest BCUT2D eigenvalue weighted by Crippen LogP contribution is 2.24. The van der Waals surface area contributed by atoms with Crippen molar-refractivity contribution in [2.45, 2.75) is 26.5 Å². The molecule has 0 aliphatic carbocycles. The molecule has 0 amide bonds. The van der Waals surface area contributed by atoms with Gasteiger partial charge in [-0.1, -0.05) is 48.0 Å². The maximum absolute atomic E-state index is 5.92. The number of para-hydroxylation sites is 1. The van der Waals surface area contributed by atoms with Crippen LogP contribution in [0.2, 0.25) is 0 Å². The first-order chi connectivity index (χ1) is 8.66. The Kier molecular flexibility index (Phi) is 4.00. The molecule has 2 aromatic carbocycles. The molecule has 2 nitrogen and oxygen atoms in total. The molecule has 0 aliphatic rings. The summed E-state index contributed by atoms with van der Waals surface area (Å²) in [5.74, 6) is 0.869. The molecule has 0 spiro atoms. The summed E-state index contributed by atoms with van der Waals surface area (Å²) in [6.07, 6.45) is 0. The van der Waals surface area contributed by atoms with E-state index in [-0.39, 0.29) is 6.04 Å². The zero-order valence-electron chi connectivity index (χ0n) is 10.9. The second-order valence-corrected chi connectivity index (χ2v) is 4.60. The van der Waals surface area contributed by atoms with Gasteiger partial charge in [0.2, 0.25) is 0 Å². The van der Waals surface area contributed by atoms with E-state index in [0.29, 0.717) is 6.61 Å². The van der Waals surface area contributed by atoms with Crippen molar-refractivity contribution in [2.75, 3.05) is 0 Å². The maximum Gasteiger partial charge on any atom is 0.124 e. The lowest BCUT2D eigenvalue weighted by atomic mass is 10.1. The second-order valence-electron chi connectivity index (χ2n) is 4.60. The van der Waals surface area contributed by atoms with E-state index in [1.54, 1.807) is 0 Å². The van der Waals surface area contributed by atoms with Crippen molar-refractivity contribution in [3.63, 3.8) is 0 Å². The number of rotatable bonds is 4. The quantitative estimate of drug-likeness (QED) is 0.887. The van der Waals surface area contributed by atoms with Gasteiger partial charge in [0.1, 0.15) is 12.4 Å². The van der Waals surface area contributed by atoms with Gasteiger partial charge in [-0.25, -0.2) is 0 Å².